The third-order valence-electron chi connectivity index (χ3n) is 4.94. The molecule has 9 heteroatoms. The number of hydrogen-bond donors (Lipinski definition) is 1. The highest BCUT2D eigenvalue weighted by Gasteiger charge is 2.31. The van der Waals surface area contributed by atoms with Gasteiger partial charge in [0.25, 0.3) is 5.91 Å². The zero-order valence-corrected chi connectivity index (χ0v) is 18.2. The van der Waals surface area contributed by atoms with Crippen LogP contribution in [0.15, 0.2) is 24.4 Å². The van der Waals surface area contributed by atoms with E-state index in [1.165, 1.54) is 11.3 Å². The summed E-state index contributed by atoms with van der Waals surface area (Å²) in [5.41, 5.74) is 2.75. The van der Waals surface area contributed by atoms with Gasteiger partial charge >= 0.3 is 0 Å². The number of thiophene rings is 1. The van der Waals surface area contributed by atoms with Gasteiger partial charge in [-0.1, -0.05) is 6.07 Å². The molecule has 1 N–H and O–H groups in total. The highest BCUT2D eigenvalue weighted by molar-refractivity contribution is 7.20. The minimum atomic E-state index is -0.274. The summed E-state index contributed by atoms with van der Waals surface area (Å²) < 4.78 is 11.2. The van der Waals surface area contributed by atoms with Gasteiger partial charge in [0.15, 0.2) is 0 Å². The lowest BCUT2D eigenvalue weighted by Gasteiger charge is -2.33. The number of pyridine rings is 1. The van der Waals surface area contributed by atoms with E-state index in [-0.39, 0.29) is 12.0 Å². The van der Waals surface area contributed by atoms with Gasteiger partial charge < -0.3 is 19.7 Å². The van der Waals surface area contributed by atoms with Gasteiger partial charge in [-0.25, -0.2) is 15.0 Å². The smallest absolute Gasteiger partial charge is 0.261 e. The zero-order chi connectivity index (χ0) is 21.1. The zero-order valence-electron chi connectivity index (χ0n) is 17.3. The number of morpholine rings is 1. The molecule has 1 atom stereocenters. The molecule has 4 rings (SSSR count). The van der Waals surface area contributed by atoms with E-state index in [0.29, 0.717) is 43.7 Å². The molecule has 0 aromatic carbocycles. The summed E-state index contributed by atoms with van der Waals surface area (Å²) in [6, 6.07) is 5.84. The SMILES string of the molecule is COCCNC(=O)c1sc2ncccc2c1[C@H]1CN(c2nc(C)cc(C)n2)CCO1. The molecule has 3 aromatic rings. The molecule has 1 aliphatic heterocycles. The van der Waals surface area contributed by atoms with Gasteiger partial charge in [-0.2, -0.15) is 0 Å². The maximum Gasteiger partial charge on any atom is 0.261 e. The average Bonchev–Trinajstić information content (AvgIpc) is 3.13. The largest absolute Gasteiger partial charge is 0.383 e. The van der Waals surface area contributed by atoms with Crippen LogP contribution in [0.4, 0.5) is 5.95 Å². The van der Waals surface area contributed by atoms with Crippen LogP contribution in [0.25, 0.3) is 10.2 Å². The number of aromatic nitrogens is 3. The number of methoxy groups -OCH3 is 1. The number of carbonyl (C=O) groups is 1. The minimum Gasteiger partial charge on any atom is -0.383 e. The van der Waals surface area contributed by atoms with Crippen molar-refractivity contribution in [3.05, 3.63) is 46.2 Å². The van der Waals surface area contributed by atoms with E-state index in [0.717, 1.165) is 27.2 Å². The van der Waals surface area contributed by atoms with Gasteiger partial charge in [0.05, 0.1) is 19.8 Å². The van der Waals surface area contributed by atoms with Gasteiger partial charge in [0, 0.05) is 48.7 Å². The van der Waals surface area contributed by atoms with Crippen LogP contribution in [-0.2, 0) is 9.47 Å². The molecular weight excluding hydrogens is 402 g/mol. The van der Waals surface area contributed by atoms with Crippen molar-refractivity contribution in [1.29, 1.82) is 0 Å². The number of fused-ring (bicyclic) bond motifs is 1. The molecule has 0 spiro atoms. The van der Waals surface area contributed by atoms with E-state index in [2.05, 4.69) is 25.2 Å². The molecule has 0 unspecified atom stereocenters. The maximum absolute atomic E-state index is 12.9. The number of nitrogens with zero attached hydrogens (tertiary/aromatic N) is 4. The predicted molar refractivity (Wildman–Crippen MR) is 116 cm³/mol. The predicted octanol–water partition coefficient (Wildman–Crippen LogP) is 2.66. The fraction of sp³-hybridized carbons (Fsp3) is 0.429. The van der Waals surface area contributed by atoms with Gasteiger partial charge in [-0.3, -0.25) is 4.79 Å². The van der Waals surface area contributed by atoms with Crippen LogP contribution in [0, 0.1) is 13.8 Å². The molecule has 1 aliphatic rings. The van der Waals surface area contributed by atoms with Crippen molar-refractivity contribution in [2.24, 2.45) is 0 Å². The summed E-state index contributed by atoms with van der Waals surface area (Å²) in [5.74, 6) is 0.568. The number of nitrogens with one attached hydrogen (secondary N) is 1. The summed E-state index contributed by atoms with van der Waals surface area (Å²) in [5, 5.41) is 3.87. The highest BCUT2D eigenvalue weighted by atomic mass is 32.1. The van der Waals surface area contributed by atoms with Crippen LogP contribution in [0.2, 0.25) is 0 Å². The molecule has 3 aromatic heterocycles. The van der Waals surface area contributed by atoms with Crippen molar-refractivity contribution in [3.8, 4) is 0 Å². The van der Waals surface area contributed by atoms with Crippen LogP contribution < -0.4 is 10.2 Å². The fourth-order valence-corrected chi connectivity index (χ4v) is 4.75. The third kappa shape index (κ3) is 4.28. The average molecular weight is 428 g/mol. The quantitative estimate of drug-likeness (QED) is 0.605. The second-order valence-electron chi connectivity index (χ2n) is 7.21. The summed E-state index contributed by atoms with van der Waals surface area (Å²) in [7, 11) is 1.61. The number of hydrogen-bond acceptors (Lipinski definition) is 8. The Labute approximate surface area is 179 Å². The van der Waals surface area contributed by atoms with E-state index < -0.39 is 0 Å². The number of aryl methyl sites for hydroxylation is 2. The van der Waals surface area contributed by atoms with E-state index in [4.69, 9.17) is 9.47 Å². The summed E-state index contributed by atoms with van der Waals surface area (Å²) in [4.78, 5) is 30.2. The molecule has 0 bridgehead atoms. The first-order chi connectivity index (χ1) is 14.6. The molecule has 1 fully saturated rings. The first-order valence-corrected chi connectivity index (χ1v) is 10.7. The number of carbonyl (C=O) groups excluding carboxylic acids is 1. The van der Waals surface area contributed by atoms with Crippen molar-refractivity contribution in [2.45, 2.75) is 20.0 Å². The Bertz CT molecular complexity index is 1030. The Balaban J connectivity index is 1.67. The summed E-state index contributed by atoms with van der Waals surface area (Å²) in [6.07, 6.45) is 1.47. The van der Waals surface area contributed by atoms with E-state index in [1.54, 1.807) is 13.3 Å². The number of anilines is 1. The first-order valence-electron chi connectivity index (χ1n) is 9.90. The molecular formula is C21H25N5O3S. The molecule has 0 radical (unpaired) electrons. The van der Waals surface area contributed by atoms with Crippen molar-refractivity contribution in [3.63, 3.8) is 0 Å². The van der Waals surface area contributed by atoms with Gasteiger partial charge in [0.2, 0.25) is 5.95 Å². The molecule has 0 saturated carbocycles. The Morgan fingerprint density at radius 2 is 2.17 bits per heavy atom. The Hall–Kier alpha value is -2.62. The Morgan fingerprint density at radius 1 is 1.37 bits per heavy atom. The van der Waals surface area contributed by atoms with Crippen LogP contribution in [-0.4, -0.2) is 60.8 Å². The second-order valence-corrected chi connectivity index (χ2v) is 8.20. The number of rotatable bonds is 6. The fourth-order valence-electron chi connectivity index (χ4n) is 3.64. The van der Waals surface area contributed by atoms with Crippen LogP contribution in [0.1, 0.15) is 32.7 Å². The second kappa shape index (κ2) is 9.03. The van der Waals surface area contributed by atoms with Crippen LogP contribution in [0.3, 0.4) is 0 Å². The Kier molecular flexibility index (Phi) is 6.21. The minimum absolute atomic E-state index is 0.131. The molecule has 1 saturated heterocycles. The molecule has 158 valence electrons. The molecule has 8 nitrogen and oxygen atoms in total. The van der Waals surface area contributed by atoms with Gasteiger partial charge in [-0.15, -0.1) is 11.3 Å². The van der Waals surface area contributed by atoms with Crippen molar-refractivity contribution < 1.29 is 14.3 Å². The van der Waals surface area contributed by atoms with E-state index >= 15 is 0 Å². The van der Waals surface area contributed by atoms with Crippen molar-refractivity contribution in [1.82, 2.24) is 20.3 Å². The molecule has 0 aliphatic carbocycles. The standard InChI is InChI=1S/C21H25N5O3S/c1-13-11-14(2)25-21(24-13)26-8-10-29-16(12-26)17-15-5-4-6-23-20(15)30-18(17)19(27)22-7-9-28-3/h4-6,11,16H,7-10,12H2,1-3H3,(H,22,27)/t16-/m1/s1. The van der Waals surface area contributed by atoms with Gasteiger partial charge in [0.1, 0.15) is 15.8 Å². The maximum atomic E-state index is 12.9. The first kappa shape index (κ1) is 20.6. The molecule has 1 amide bonds. The van der Waals surface area contributed by atoms with E-state index in [9.17, 15) is 4.79 Å². The molecule has 4 heterocycles. The summed E-state index contributed by atoms with van der Waals surface area (Å²) in [6.45, 7) is 6.65. The highest BCUT2D eigenvalue weighted by Crippen LogP contribution is 2.37. The van der Waals surface area contributed by atoms with Crippen LogP contribution >= 0.6 is 11.3 Å². The lowest BCUT2D eigenvalue weighted by molar-refractivity contribution is 0.0396. The summed E-state index contributed by atoms with van der Waals surface area (Å²) >= 11 is 1.39. The topological polar surface area (TPSA) is 89.5 Å². The normalized spacial score (nSPS) is 16.8. The van der Waals surface area contributed by atoms with E-state index in [1.807, 2.05) is 32.0 Å². The lowest BCUT2D eigenvalue weighted by Crippen LogP contribution is -2.40. The monoisotopic (exact) mass is 427 g/mol. The third-order valence-corrected chi connectivity index (χ3v) is 6.07. The van der Waals surface area contributed by atoms with Crippen LogP contribution in [0.5, 0.6) is 0 Å². The van der Waals surface area contributed by atoms with Crippen molar-refractivity contribution in [2.75, 3.05) is 44.9 Å². The van der Waals surface area contributed by atoms with Crippen molar-refractivity contribution >= 4 is 33.4 Å². The number of amides is 1. The number of ether oxygens (including phenoxy) is 2. The van der Waals surface area contributed by atoms with Gasteiger partial charge in [-0.05, 0) is 26.0 Å². The molecule has 30 heavy (non-hydrogen) atoms. The lowest BCUT2D eigenvalue weighted by atomic mass is 10.0. The Morgan fingerprint density at radius 3 is 2.93 bits per heavy atom.